The van der Waals surface area contributed by atoms with E-state index in [9.17, 15) is 9.59 Å². The summed E-state index contributed by atoms with van der Waals surface area (Å²) < 4.78 is 0.861. The molecule has 0 saturated carbocycles. The Balaban J connectivity index is 1.80. The minimum atomic E-state index is -0.300. The molecule has 1 aliphatic rings. The number of halogens is 1. The Kier molecular flexibility index (Phi) is 4.63. The predicted molar refractivity (Wildman–Crippen MR) is 95.7 cm³/mol. The van der Waals surface area contributed by atoms with Crippen molar-refractivity contribution in [1.82, 2.24) is 0 Å². The van der Waals surface area contributed by atoms with E-state index < -0.39 is 0 Å². The number of hydrogen-bond donors (Lipinski definition) is 1. The molecule has 0 bridgehead atoms. The van der Waals surface area contributed by atoms with Crippen molar-refractivity contribution in [3.8, 4) is 0 Å². The maximum absolute atomic E-state index is 12.6. The fourth-order valence-electron chi connectivity index (χ4n) is 2.38. The minimum Gasteiger partial charge on any atom is -0.378 e. The average Bonchev–Trinajstić information content (AvgIpc) is 2.84. The predicted octanol–water partition coefficient (Wildman–Crippen LogP) is 3.18. The topological polar surface area (TPSA) is 72.5 Å². The number of carbonyl (C=O) groups excluding carboxylic acids is 2. The molecule has 116 valence electrons. The fourth-order valence-corrected chi connectivity index (χ4v) is 3.64. The van der Waals surface area contributed by atoms with Gasteiger partial charge in [-0.2, -0.15) is 4.99 Å². The molecule has 0 fully saturated rings. The highest BCUT2D eigenvalue weighted by Crippen LogP contribution is 2.24. The van der Waals surface area contributed by atoms with E-state index in [0.29, 0.717) is 22.7 Å². The standard InChI is InChI=1S/C17H13BrN2O2S/c18-13-6-2-5-12(9-13)15(21)11-4-1-3-10(7-11)8-14-16(22)20-17(19)23-14/h1-7,9,14H,8H2,(H2,19,20,22). The molecule has 0 radical (unpaired) electrons. The van der Waals surface area contributed by atoms with Crippen LogP contribution in [0.4, 0.5) is 0 Å². The lowest BCUT2D eigenvalue weighted by Gasteiger charge is -2.08. The maximum Gasteiger partial charge on any atom is 0.261 e. The Hall–Kier alpha value is -1.92. The molecule has 6 heteroatoms. The number of nitrogens with two attached hydrogens (primary N) is 1. The second-order valence-corrected chi connectivity index (χ2v) is 7.28. The summed E-state index contributed by atoms with van der Waals surface area (Å²) in [4.78, 5) is 28.0. The van der Waals surface area contributed by atoms with Crippen LogP contribution in [0.3, 0.4) is 0 Å². The van der Waals surface area contributed by atoms with Crippen molar-refractivity contribution in [2.45, 2.75) is 11.7 Å². The average molecular weight is 389 g/mol. The highest BCUT2D eigenvalue weighted by molar-refractivity contribution is 9.10. The molecule has 1 unspecified atom stereocenters. The molecule has 0 aliphatic carbocycles. The SMILES string of the molecule is NC1=NC(=O)C(Cc2cccc(C(=O)c3cccc(Br)c3)c2)S1. The summed E-state index contributed by atoms with van der Waals surface area (Å²) in [5, 5.41) is 0.00703. The third-order valence-electron chi connectivity index (χ3n) is 3.46. The van der Waals surface area contributed by atoms with Crippen LogP contribution in [0.25, 0.3) is 0 Å². The van der Waals surface area contributed by atoms with Gasteiger partial charge in [0.1, 0.15) is 0 Å². The molecule has 0 saturated heterocycles. The number of benzene rings is 2. The summed E-state index contributed by atoms with van der Waals surface area (Å²) in [5.74, 6) is -0.259. The first-order chi connectivity index (χ1) is 11.0. The number of amidine groups is 1. The van der Waals surface area contributed by atoms with E-state index in [1.165, 1.54) is 11.8 Å². The van der Waals surface area contributed by atoms with Crippen LogP contribution in [0.2, 0.25) is 0 Å². The summed E-state index contributed by atoms with van der Waals surface area (Å²) in [6.07, 6.45) is 0.507. The van der Waals surface area contributed by atoms with Gasteiger partial charge in [0.15, 0.2) is 11.0 Å². The lowest BCUT2D eigenvalue weighted by Crippen LogP contribution is -2.14. The van der Waals surface area contributed by atoms with Gasteiger partial charge in [0.25, 0.3) is 5.91 Å². The quantitative estimate of drug-likeness (QED) is 0.816. The van der Waals surface area contributed by atoms with Crippen molar-refractivity contribution >= 4 is 44.5 Å². The van der Waals surface area contributed by atoms with Crippen molar-refractivity contribution in [1.29, 1.82) is 0 Å². The molecule has 1 aliphatic heterocycles. The van der Waals surface area contributed by atoms with Crippen LogP contribution in [-0.2, 0) is 11.2 Å². The number of hydrogen-bond acceptors (Lipinski definition) is 4. The Morgan fingerprint density at radius 2 is 1.87 bits per heavy atom. The van der Waals surface area contributed by atoms with Crippen LogP contribution in [0, 0.1) is 0 Å². The van der Waals surface area contributed by atoms with Crippen molar-refractivity contribution < 1.29 is 9.59 Å². The highest BCUT2D eigenvalue weighted by atomic mass is 79.9. The molecule has 1 amide bonds. The number of rotatable bonds is 4. The number of ketones is 1. The van der Waals surface area contributed by atoms with Crippen LogP contribution >= 0.6 is 27.7 Å². The Morgan fingerprint density at radius 3 is 2.52 bits per heavy atom. The molecule has 23 heavy (non-hydrogen) atoms. The summed E-state index contributed by atoms with van der Waals surface area (Å²) in [7, 11) is 0. The zero-order valence-electron chi connectivity index (χ0n) is 12.0. The van der Waals surface area contributed by atoms with Gasteiger partial charge >= 0.3 is 0 Å². The minimum absolute atomic E-state index is 0.0469. The van der Waals surface area contributed by atoms with Crippen molar-refractivity contribution in [3.05, 3.63) is 69.7 Å². The maximum atomic E-state index is 12.6. The van der Waals surface area contributed by atoms with E-state index in [0.717, 1.165) is 10.0 Å². The largest absolute Gasteiger partial charge is 0.378 e. The van der Waals surface area contributed by atoms with Crippen LogP contribution in [0.5, 0.6) is 0 Å². The second-order valence-electron chi connectivity index (χ2n) is 5.14. The summed E-state index contributed by atoms with van der Waals surface area (Å²) in [6, 6.07) is 14.6. The number of thioether (sulfide) groups is 1. The Bertz CT molecular complexity index is 820. The molecule has 1 heterocycles. The normalized spacial score (nSPS) is 17.2. The molecular formula is C17H13BrN2O2S. The second kappa shape index (κ2) is 6.68. The molecule has 4 nitrogen and oxygen atoms in total. The molecule has 2 aromatic carbocycles. The van der Waals surface area contributed by atoms with Gasteiger partial charge in [0.05, 0.1) is 5.25 Å². The van der Waals surface area contributed by atoms with Crippen molar-refractivity contribution in [2.75, 3.05) is 0 Å². The molecule has 2 aromatic rings. The number of aliphatic imine (C=N–C) groups is 1. The monoisotopic (exact) mass is 388 g/mol. The van der Waals surface area contributed by atoms with E-state index in [-0.39, 0.29) is 16.9 Å². The van der Waals surface area contributed by atoms with Crippen LogP contribution in [0.15, 0.2) is 58.0 Å². The van der Waals surface area contributed by atoms with Gasteiger partial charge in [-0.05, 0) is 30.2 Å². The molecule has 0 aromatic heterocycles. The van der Waals surface area contributed by atoms with Crippen LogP contribution in [-0.4, -0.2) is 22.1 Å². The van der Waals surface area contributed by atoms with Gasteiger partial charge < -0.3 is 5.73 Å². The molecule has 2 N–H and O–H groups in total. The van der Waals surface area contributed by atoms with Gasteiger partial charge in [-0.25, -0.2) is 0 Å². The van der Waals surface area contributed by atoms with E-state index >= 15 is 0 Å². The van der Waals surface area contributed by atoms with E-state index in [2.05, 4.69) is 20.9 Å². The highest BCUT2D eigenvalue weighted by Gasteiger charge is 2.27. The zero-order chi connectivity index (χ0) is 16.4. The van der Waals surface area contributed by atoms with Crippen molar-refractivity contribution in [3.63, 3.8) is 0 Å². The summed E-state index contributed by atoms with van der Waals surface area (Å²) >= 11 is 4.64. The van der Waals surface area contributed by atoms with E-state index in [1.54, 1.807) is 18.2 Å². The number of nitrogens with zero attached hydrogens (tertiary/aromatic N) is 1. The number of carbonyl (C=O) groups is 2. The third-order valence-corrected chi connectivity index (χ3v) is 4.93. The lowest BCUT2D eigenvalue weighted by atomic mass is 9.99. The smallest absolute Gasteiger partial charge is 0.261 e. The van der Waals surface area contributed by atoms with E-state index in [1.807, 2.05) is 30.3 Å². The summed E-state index contributed by atoms with van der Waals surface area (Å²) in [6.45, 7) is 0. The van der Waals surface area contributed by atoms with Gasteiger partial charge in [0.2, 0.25) is 0 Å². The third kappa shape index (κ3) is 3.71. The molecular weight excluding hydrogens is 376 g/mol. The molecule has 3 rings (SSSR count). The first kappa shape index (κ1) is 16.0. The van der Waals surface area contributed by atoms with Crippen LogP contribution in [0.1, 0.15) is 21.5 Å². The van der Waals surface area contributed by atoms with Gasteiger partial charge in [-0.3, -0.25) is 9.59 Å². The zero-order valence-corrected chi connectivity index (χ0v) is 14.4. The first-order valence-corrected chi connectivity index (χ1v) is 8.64. The fraction of sp³-hybridized carbons (Fsp3) is 0.118. The Morgan fingerprint density at radius 1 is 1.17 bits per heavy atom. The van der Waals surface area contributed by atoms with Crippen molar-refractivity contribution in [2.24, 2.45) is 10.7 Å². The lowest BCUT2D eigenvalue weighted by molar-refractivity contribution is -0.117. The van der Waals surface area contributed by atoms with E-state index in [4.69, 9.17) is 5.73 Å². The van der Waals surface area contributed by atoms with Gasteiger partial charge in [-0.1, -0.05) is 58.0 Å². The summed E-state index contributed by atoms with van der Waals surface area (Å²) in [5.41, 5.74) is 7.71. The molecule has 0 spiro atoms. The van der Waals surface area contributed by atoms with Gasteiger partial charge in [0, 0.05) is 15.6 Å². The number of amides is 1. The first-order valence-electron chi connectivity index (χ1n) is 6.97. The van der Waals surface area contributed by atoms with Crippen LogP contribution < -0.4 is 5.73 Å². The Labute approximate surface area is 146 Å². The molecule has 1 atom stereocenters. The van der Waals surface area contributed by atoms with Gasteiger partial charge in [-0.15, -0.1) is 0 Å².